The Labute approximate surface area is 155 Å². The van der Waals surface area contributed by atoms with Gasteiger partial charge in [-0.15, -0.1) is 0 Å². The molecule has 1 aliphatic carbocycles. The van der Waals surface area contributed by atoms with Crippen molar-refractivity contribution in [1.29, 1.82) is 0 Å². The normalized spacial score (nSPS) is 15.7. The maximum Gasteiger partial charge on any atom is 0.268 e. The summed E-state index contributed by atoms with van der Waals surface area (Å²) in [5, 5.41) is 10.5. The van der Waals surface area contributed by atoms with Crippen molar-refractivity contribution in [2.24, 2.45) is 5.92 Å². The molecule has 0 aliphatic heterocycles. The van der Waals surface area contributed by atoms with Gasteiger partial charge in [-0.3, -0.25) is 14.4 Å². The topological polar surface area (TPSA) is 80.7 Å². The molecule has 5 nitrogen and oxygen atoms in total. The summed E-state index contributed by atoms with van der Waals surface area (Å²) in [4.78, 5) is 37.0. The zero-order chi connectivity index (χ0) is 20.0. The number of hydrogen-bond donors (Lipinski definition) is 1. The Morgan fingerprint density at radius 3 is 2.23 bits per heavy atom. The highest BCUT2D eigenvalue weighted by atomic mass is 16.5. The van der Waals surface area contributed by atoms with Gasteiger partial charge in [0.25, 0.3) is 5.78 Å². The van der Waals surface area contributed by atoms with E-state index in [2.05, 4.69) is 6.08 Å². The van der Waals surface area contributed by atoms with Crippen molar-refractivity contribution in [2.75, 3.05) is 7.11 Å². The lowest BCUT2D eigenvalue weighted by Crippen LogP contribution is -2.30. The molecule has 0 fully saturated rings. The van der Waals surface area contributed by atoms with Crippen molar-refractivity contribution in [1.82, 2.24) is 0 Å². The number of carbonyl (C=O) groups is 3. The molecule has 142 valence electrons. The number of methoxy groups -OCH3 is 1. The SMILES string of the molecule is COC1=C(C(=O)C(C)C)C(O)=C(CC=C(C)CCC=C(C)C)C(=O)C1=O. The van der Waals surface area contributed by atoms with E-state index in [1.54, 1.807) is 13.8 Å². The molecule has 1 rings (SSSR count). The number of Topliss-reactive ketones (excluding diaryl/α,β-unsaturated/α-hetero) is 3. The molecule has 1 aliphatic rings. The van der Waals surface area contributed by atoms with Gasteiger partial charge < -0.3 is 9.84 Å². The van der Waals surface area contributed by atoms with Crippen molar-refractivity contribution in [2.45, 2.75) is 53.9 Å². The van der Waals surface area contributed by atoms with Gasteiger partial charge in [0, 0.05) is 5.92 Å². The zero-order valence-electron chi connectivity index (χ0n) is 16.4. The van der Waals surface area contributed by atoms with Gasteiger partial charge in [0.05, 0.1) is 12.7 Å². The average Bonchev–Trinajstić information content (AvgIpc) is 2.56. The van der Waals surface area contributed by atoms with Crippen LogP contribution < -0.4 is 0 Å². The van der Waals surface area contributed by atoms with Crippen LogP contribution in [0.25, 0.3) is 0 Å². The first-order chi connectivity index (χ1) is 12.1. The molecule has 0 bridgehead atoms. The van der Waals surface area contributed by atoms with Gasteiger partial charge in [-0.25, -0.2) is 0 Å². The minimum atomic E-state index is -0.889. The summed E-state index contributed by atoms with van der Waals surface area (Å²) in [7, 11) is 1.21. The lowest BCUT2D eigenvalue weighted by Gasteiger charge is -2.20. The summed E-state index contributed by atoms with van der Waals surface area (Å²) in [5.41, 5.74) is 2.03. The second kappa shape index (κ2) is 9.32. The van der Waals surface area contributed by atoms with E-state index in [4.69, 9.17) is 4.74 Å². The Balaban J connectivity index is 3.19. The fourth-order valence-electron chi connectivity index (χ4n) is 2.59. The van der Waals surface area contributed by atoms with Crippen LogP contribution in [0.5, 0.6) is 0 Å². The predicted octanol–water partition coefficient (Wildman–Crippen LogP) is 4.16. The minimum Gasteiger partial charge on any atom is -0.507 e. The van der Waals surface area contributed by atoms with Crippen molar-refractivity contribution < 1.29 is 24.2 Å². The number of rotatable bonds is 8. The lowest BCUT2D eigenvalue weighted by molar-refractivity contribution is -0.134. The Bertz CT molecular complexity index is 726. The first kappa shape index (κ1) is 21.6. The first-order valence-corrected chi connectivity index (χ1v) is 8.74. The third-order valence-electron chi connectivity index (χ3n) is 4.16. The standard InChI is InChI=1S/C21H28O5/c1-12(2)8-7-9-14(5)10-11-15-18(23)16(17(22)13(3)4)21(26-6)20(25)19(15)24/h8,10,13,23H,7,9,11H2,1-6H3. The highest BCUT2D eigenvalue weighted by Gasteiger charge is 2.38. The molecule has 0 saturated carbocycles. The van der Waals surface area contributed by atoms with Crippen LogP contribution in [0.4, 0.5) is 0 Å². The van der Waals surface area contributed by atoms with Crippen molar-refractivity contribution in [3.63, 3.8) is 0 Å². The van der Waals surface area contributed by atoms with Gasteiger partial charge in [0.15, 0.2) is 11.5 Å². The summed E-state index contributed by atoms with van der Waals surface area (Å²) < 4.78 is 4.95. The van der Waals surface area contributed by atoms with Crippen LogP contribution in [0.15, 0.2) is 46.0 Å². The van der Waals surface area contributed by atoms with Crippen LogP contribution in [0.2, 0.25) is 0 Å². The fourth-order valence-corrected chi connectivity index (χ4v) is 2.59. The van der Waals surface area contributed by atoms with Gasteiger partial charge in [-0.05, 0) is 40.0 Å². The molecule has 0 saturated heterocycles. The number of aliphatic hydroxyl groups excluding tert-OH is 1. The molecule has 0 unspecified atom stereocenters. The van der Waals surface area contributed by atoms with Crippen LogP contribution in [0.3, 0.4) is 0 Å². The van der Waals surface area contributed by atoms with Crippen molar-refractivity contribution >= 4 is 17.3 Å². The van der Waals surface area contributed by atoms with Crippen LogP contribution >= 0.6 is 0 Å². The number of allylic oxidation sites excluding steroid dienone is 7. The van der Waals surface area contributed by atoms with E-state index in [0.29, 0.717) is 0 Å². The molecule has 0 aromatic carbocycles. The third kappa shape index (κ3) is 5.04. The summed E-state index contributed by atoms with van der Waals surface area (Å²) in [6, 6.07) is 0. The quantitative estimate of drug-likeness (QED) is 0.399. The van der Waals surface area contributed by atoms with Crippen LogP contribution in [0, 0.1) is 5.92 Å². The molecule has 0 amide bonds. The van der Waals surface area contributed by atoms with Crippen molar-refractivity contribution in [3.8, 4) is 0 Å². The van der Waals surface area contributed by atoms with Crippen LogP contribution in [-0.4, -0.2) is 29.6 Å². The molecule has 0 spiro atoms. The summed E-state index contributed by atoms with van der Waals surface area (Å²) in [6.07, 6.45) is 5.73. The molecule has 0 atom stereocenters. The Morgan fingerprint density at radius 2 is 1.73 bits per heavy atom. The Hall–Kier alpha value is -2.43. The van der Waals surface area contributed by atoms with E-state index in [0.717, 1.165) is 18.4 Å². The molecule has 0 aromatic rings. The van der Waals surface area contributed by atoms with Gasteiger partial charge in [-0.1, -0.05) is 37.1 Å². The molecule has 1 N–H and O–H groups in total. The Morgan fingerprint density at radius 1 is 1.12 bits per heavy atom. The van der Waals surface area contributed by atoms with E-state index in [9.17, 15) is 19.5 Å². The van der Waals surface area contributed by atoms with E-state index >= 15 is 0 Å². The Kier molecular flexibility index (Phi) is 7.75. The minimum absolute atomic E-state index is 0.0543. The van der Waals surface area contributed by atoms with Gasteiger partial charge in [0.2, 0.25) is 5.78 Å². The monoisotopic (exact) mass is 360 g/mol. The molecule has 26 heavy (non-hydrogen) atoms. The van der Waals surface area contributed by atoms with E-state index < -0.39 is 29.0 Å². The maximum absolute atomic E-state index is 12.4. The number of aliphatic hydroxyl groups is 1. The van der Waals surface area contributed by atoms with Gasteiger partial charge in [0.1, 0.15) is 11.3 Å². The number of ketones is 3. The highest BCUT2D eigenvalue weighted by Crippen LogP contribution is 2.30. The lowest BCUT2D eigenvalue weighted by atomic mass is 9.86. The molecular weight excluding hydrogens is 332 g/mol. The van der Waals surface area contributed by atoms with Crippen molar-refractivity contribution in [3.05, 3.63) is 46.0 Å². The number of hydrogen-bond acceptors (Lipinski definition) is 5. The molecule has 0 heterocycles. The van der Waals surface area contributed by atoms with Crippen LogP contribution in [-0.2, 0) is 19.1 Å². The number of ether oxygens (including phenoxy) is 1. The fraction of sp³-hybridized carbons (Fsp3) is 0.476. The molecule has 0 radical (unpaired) electrons. The zero-order valence-corrected chi connectivity index (χ0v) is 16.4. The summed E-state index contributed by atoms with van der Waals surface area (Å²) >= 11 is 0. The van der Waals surface area contributed by atoms with Gasteiger partial charge in [-0.2, -0.15) is 0 Å². The molecule has 5 heteroatoms. The maximum atomic E-state index is 12.4. The summed E-state index contributed by atoms with van der Waals surface area (Å²) in [5.74, 6) is -3.41. The molecule has 0 aromatic heterocycles. The number of carbonyl (C=O) groups excluding carboxylic acids is 3. The van der Waals surface area contributed by atoms with E-state index in [1.165, 1.54) is 12.7 Å². The first-order valence-electron chi connectivity index (χ1n) is 8.74. The van der Waals surface area contributed by atoms with Crippen LogP contribution in [0.1, 0.15) is 53.9 Å². The highest BCUT2D eigenvalue weighted by molar-refractivity contribution is 6.50. The molecular formula is C21H28O5. The smallest absolute Gasteiger partial charge is 0.268 e. The third-order valence-corrected chi connectivity index (χ3v) is 4.16. The second-order valence-electron chi connectivity index (χ2n) is 6.99. The van der Waals surface area contributed by atoms with Gasteiger partial charge >= 0.3 is 0 Å². The largest absolute Gasteiger partial charge is 0.507 e. The predicted molar refractivity (Wildman–Crippen MR) is 101 cm³/mol. The second-order valence-corrected chi connectivity index (χ2v) is 6.99. The van der Waals surface area contributed by atoms with E-state index in [1.807, 2.05) is 26.8 Å². The summed E-state index contributed by atoms with van der Waals surface area (Å²) in [6.45, 7) is 9.30. The van der Waals surface area contributed by atoms with E-state index in [-0.39, 0.29) is 23.3 Å². The average molecular weight is 360 g/mol.